The molecule has 1 fully saturated rings. The van der Waals surface area contributed by atoms with Crippen LogP contribution in [0.3, 0.4) is 0 Å². The van der Waals surface area contributed by atoms with E-state index in [1.54, 1.807) is 0 Å². The third-order valence-corrected chi connectivity index (χ3v) is 5.46. The Kier molecular flexibility index (Phi) is 4.28. The molecule has 1 heterocycles. The normalized spacial score (nSPS) is 23.3. The highest BCUT2D eigenvalue weighted by atomic mass is 16.5. The van der Waals surface area contributed by atoms with Gasteiger partial charge in [-0.15, -0.1) is 0 Å². The van der Waals surface area contributed by atoms with Crippen LogP contribution in [0.1, 0.15) is 60.6 Å². The fraction of sp³-hybridized carbons (Fsp3) is 0.476. The Bertz CT molecular complexity index is 842. The average Bonchev–Trinajstić information content (AvgIpc) is 2.61. The molecule has 0 amide bonds. The van der Waals surface area contributed by atoms with Gasteiger partial charge in [-0.25, -0.2) is 4.79 Å². The first kappa shape index (κ1) is 16.2. The maximum atomic E-state index is 13.0. The SMILES string of the molecule is C[C@H]1CCc2nc3ccccc3c(C(=O)O[C@@H]3CCCCC3=O)c2C1. The number of para-hydroxylation sites is 1. The quantitative estimate of drug-likeness (QED) is 0.777. The van der Waals surface area contributed by atoms with Crippen molar-refractivity contribution in [2.75, 3.05) is 0 Å². The van der Waals surface area contributed by atoms with E-state index in [4.69, 9.17) is 9.72 Å². The molecule has 1 aromatic heterocycles. The van der Waals surface area contributed by atoms with Crippen LogP contribution >= 0.6 is 0 Å². The van der Waals surface area contributed by atoms with Gasteiger partial charge in [0.05, 0.1) is 11.1 Å². The molecule has 0 bridgehead atoms. The number of aryl methyl sites for hydroxylation is 1. The summed E-state index contributed by atoms with van der Waals surface area (Å²) in [5, 5.41) is 0.837. The molecule has 0 N–H and O–H groups in total. The molecule has 1 aromatic carbocycles. The fourth-order valence-corrected chi connectivity index (χ4v) is 4.06. The lowest BCUT2D eigenvalue weighted by Gasteiger charge is -2.26. The highest BCUT2D eigenvalue weighted by molar-refractivity contribution is 6.06. The third kappa shape index (κ3) is 3.06. The maximum absolute atomic E-state index is 13.0. The first-order valence-corrected chi connectivity index (χ1v) is 9.27. The summed E-state index contributed by atoms with van der Waals surface area (Å²) in [6.07, 6.45) is 5.25. The van der Waals surface area contributed by atoms with Crippen LogP contribution < -0.4 is 0 Å². The largest absolute Gasteiger partial charge is 0.451 e. The monoisotopic (exact) mass is 337 g/mol. The maximum Gasteiger partial charge on any atom is 0.339 e. The Hall–Kier alpha value is -2.23. The number of nitrogens with zero attached hydrogens (tertiary/aromatic N) is 1. The molecule has 2 aliphatic rings. The fourth-order valence-electron chi connectivity index (χ4n) is 4.06. The summed E-state index contributed by atoms with van der Waals surface area (Å²) < 4.78 is 5.68. The predicted octanol–water partition coefficient (Wildman–Crippen LogP) is 4.03. The zero-order valence-corrected chi connectivity index (χ0v) is 14.6. The minimum absolute atomic E-state index is 0.0557. The number of benzene rings is 1. The molecule has 1 saturated carbocycles. The molecule has 25 heavy (non-hydrogen) atoms. The molecule has 130 valence electrons. The van der Waals surface area contributed by atoms with Gasteiger partial charge in [0, 0.05) is 17.5 Å². The van der Waals surface area contributed by atoms with Gasteiger partial charge in [-0.2, -0.15) is 0 Å². The van der Waals surface area contributed by atoms with E-state index < -0.39 is 6.10 Å². The molecule has 0 aliphatic heterocycles. The van der Waals surface area contributed by atoms with Crippen molar-refractivity contribution in [3.63, 3.8) is 0 Å². The molecular formula is C21H23NO3. The smallest absolute Gasteiger partial charge is 0.339 e. The van der Waals surface area contributed by atoms with Gasteiger partial charge >= 0.3 is 5.97 Å². The lowest BCUT2D eigenvalue weighted by atomic mass is 9.84. The van der Waals surface area contributed by atoms with Gasteiger partial charge in [-0.05, 0) is 56.1 Å². The van der Waals surface area contributed by atoms with E-state index in [9.17, 15) is 9.59 Å². The average molecular weight is 337 g/mol. The van der Waals surface area contributed by atoms with Crippen LogP contribution in [-0.2, 0) is 22.4 Å². The standard InChI is InChI=1S/C21H23NO3/c1-13-10-11-17-15(12-13)20(14-6-2-3-7-16(14)22-17)21(24)25-19-9-5-4-8-18(19)23/h2-3,6-7,13,19H,4-5,8-12H2,1H3/t13-,19+/m0/s1. The highest BCUT2D eigenvalue weighted by Gasteiger charge is 2.30. The van der Waals surface area contributed by atoms with Crippen LogP contribution in [0.5, 0.6) is 0 Å². The first-order valence-electron chi connectivity index (χ1n) is 9.27. The van der Waals surface area contributed by atoms with E-state index in [1.807, 2.05) is 24.3 Å². The van der Waals surface area contributed by atoms with Crippen molar-refractivity contribution in [2.24, 2.45) is 5.92 Å². The number of pyridine rings is 1. The number of hydrogen-bond donors (Lipinski definition) is 0. The van der Waals surface area contributed by atoms with E-state index >= 15 is 0 Å². The summed E-state index contributed by atoms with van der Waals surface area (Å²) in [4.78, 5) is 29.9. The lowest BCUT2D eigenvalue weighted by Crippen LogP contribution is -2.31. The number of Topliss-reactive ketones (excluding diaryl/α,β-unsaturated/α-hetero) is 1. The van der Waals surface area contributed by atoms with Crippen LogP contribution in [0, 0.1) is 5.92 Å². The minimum Gasteiger partial charge on any atom is -0.451 e. The second-order valence-electron chi connectivity index (χ2n) is 7.38. The zero-order chi connectivity index (χ0) is 17.4. The number of ether oxygens (including phenoxy) is 1. The Morgan fingerprint density at radius 2 is 2.00 bits per heavy atom. The van der Waals surface area contributed by atoms with Crippen molar-refractivity contribution in [1.82, 2.24) is 4.98 Å². The number of hydrogen-bond acceptors (Lipinski definition) is 4. The summed E-state index contributed by atoms with van der Waals surface area (Å²) >= 11 is 0. The first-order chi connectivity index (χ1) is 12.1. The molecule has 2 atom stereocenters. The number of carbonyl (C=O) groups is 2. The molecule has 2 aromatic rings. The van der Waals surface area contributed by atoms with Crippen molar-refractivity contribution in [3.8, 4) is 0 Å². The van der Waals surface area contributed by atoms with Crippen molar-refractivity contribution < 1.29 is 14.3 Å². The number of fused-ring (bicyclic) bond motifs is 2. The van der Waals surface area contributed by atoms with Gasteiger partial charge in [0.15, 0.2) is 11.9 Å². The number of esters is 1. The molecule has 0 saturated heterocycles. The Labute approximate surface area is 147 Å². The molecule has 4 nitrogen and oxygen atoms in total. The molecule has 0 spiro atoms. The van der Waals surface area contributed by atoms with Gasteiger partial charge < -0.3 is 4.74 Å². The van der Waals surface area contributed by atoms with E-state index in [2.05, 4.69) is 6.92 Å². The number of carbonyl (C=O) groups excluding carboxylic acids is 2. The summed E-state index contributed by atoms with van der Waals surface area (Å²) in [6.45, 7) is 2.21. The summed E-state index contributed by atoms with van der Waals surface area (Å²) in [6, 6.07) is 7.73. The van der Waals surface area contributed by atoms with Crippen molar-refractivity contribution in [3.05, 3.63) is 41.1 Å². The van der Waals surface area contributed by atoms with Crippen LogP contribution in [0.25, 0.3) is 10.9 Å². The summed E-state index contributed by atoms with van der Waals surface area (Å²) in [5.74, 6) is 0.225. The van der Waals surface area contributed by atoms with Gasteiger partial charge in [-0.1, -0.05) is 25.1 Å². The van der Waals surface area contributed by atoms with Crippen molar-refractivity contribution in [2.45, 2.75) is 58.0 Å². The number of ketones is 1. The van der Waals surface area contributed by atoms with Crippen molar-refractivity contribution in [1.29, 1.82) is 0 Å². The zero-order valence-electron chi connectivity index (χ0n) is 14.6. The number of rotatable bonds is 2. The van der Waals surface area contributed by atoms with Crippen LogP contribution in [0.4, 0.5) is 0 Å². The van der Waals surface area contributed by atoms with Gasteiger partial charge in [0.25, 0.3) is 0 Å². The van der Waals surface area contributed by atoms with Crippen LogP contribution in [0.2, 0.25) is 0 Å². The molecule has 0 unspecified atom stereocenters. The Balaban J connectivity index is 1.77. The van der Waals surface area contributed by atoms with Gasteiger partial charge in [-0.3, -0.25) is 9.78 Å². The molecule has 4 heteroatoms. The van der Waals surface area contributed by atoms with Crippen LogP contribution in [0.15, 0.2) is 24.3 Å². The Morgan fingerprint density at radius 3 is 2.84 bits per heavy atom. The summed E-state index contributed by atoms with van der Waals surface area (Å²) in [5.41, 5.74) is 3.49. The van der Waals surface area contributed by atoms with E-state index in [0.717, 1.165) is 54.3 Å². The topological polar surface area (TPSA) is 56.3 Å². The molecule has 4 rings (SSSR count). The van der Waals surface area contributed by atoms with E-state index in [0.29, 0.717) is 24.3 Å². The van der Waals surface area contributed by atoms with Crippen molar-refractivity contribution >= 4 is 22.7 Å². The van der Waals surface area contributed by atoms with E-state index in [-0.39, 0.29) is 11.8 Å². The van der Waals surface area contributed by atoms with Gasteiger partial charge in [0.1, 0.15) is 0 Å². The van der Waals surface area contributed by atoms with Gasteiger partial charge in [0.2, 0.25) is 0 Å². The summed E-state index contributed by atoms with van der Waals surface area (Å²) in [7, 11) is 0. The highest BCUT2D eigenvalue weighted by Crippen LogP contribution is 2.32. The number of aromatic nitrogens is 1. The second-order valence-corrected chi connectivity index (χ2v) is 7.38. The second kappa shape index (κ2) is 6.58. The minimum atomic E-state index is -0.579. The molecular weight excluding hydrogens is 314 g/mol. The van der Waals surface area contributed by atoms with E-state index in [1.165, 1.54) is 0 Å². The Morgan fingerprint density at radius 1 is 1.16 bits per heavy atom. The molecule has 0 radical (unpaired) electrons. The molecule has 2 aliphatic carbocycles. The predicted molar refractivity (Wildman–Crippen MR) is 95.6 cm³/mol. The lowest BCUT2D eigenvalue weighted by molar-refractivity contribution is -0.129. The third-order valence-electron chi connectivity index (χ3n) is 5.46. The van der Waals surface area contributed by atoms with Crippen LogP contribution in [-0.4, -0.2) is 22.8 Å².